The van der Waals surface area contributed by atoms with Crippen LogP contribution in [0.3, 0.4) is 0 Å². The lowest BCUT2D eigenvalue weighted by molar-refractivity contribution is -0.129. The molecule has 0 spiro atoms. The number of benzene rings is 5. The lowest BCUT2D eigenvalue weighted by Crippen LogP contribution is -2.25. The normalized spacial score (nSPS) is 18.2. The van der Waals surface area contributed by atoms with E-state index in [0.717, 1.165) is 74.3 Å². The van der Waals surface area contributed by atoms with Crippen molar-refractivity contribution < 1.29 is 67.9 Å². The van der Waals surface area contributed by atoms with Gasteiger partial charge < -0.3 is 24.5 Å². The largest absolute Gasteiger partial charge is 0.338 e. The van der Waals surface area contributed by atoms with Crippen LogP contribution in [-0.2, 0) is 56.7 Å². The standard InChI is InChI=1S/2C17H17FN2O.C16H12F4N2O.C16H13F3N2O.C16H15FN2O/c1-12-6-7-19-9-15(12)11-20-10-14(8-17(20)21)13-2-4-16(18)5-3-13;1-12-5-6-19-9-15(12)11-20-10-14(8-17(20)21)13-3-2-4-16(18)7-13;17-12-1-2-21-6-11(12)8-22-7-10(5-15(22)23)9-3-13(18)16(20)14(19)4-9;17-13-4-11(5-14(18)16(13)19)12-6-15(22)21(9-12)8-10-2-1-3-20-7-10;17-15-5-1-4-13(7-15)14-8-16(20)19(11-14)10-12-3-2-6-18-9-12/h2*2-7,9,14H,8,10-11H2,1H3;1-4,6,10H,5,7-8H2;1-5,7,12H,6,8-9H2;1-7,9,14H,8,10-11H2. The Balaban J connectivity index is 0.000000133. The van der Waals surface area contributed by atoms with E-state index in [1.165, 1.54) is 59.8 Å². The molecule has 5 aromatic heterocycles. The maximum absolute atomic E-state index is 13.6. The molecule has 5 aliphatic heterocycles. The number of hydrogen-bond acceptors (Lipinski definition) is 10. The van der Waals surface area contributed by atoms with Crippen molar-refractivity contribution in [3.05, 3.63) is 326 Å². The van der Waals surface area contributed by atoms with E-state index in [1.807, 2.05) is 77.2 Å². The zero-order valence-electron chi connectivity index (χ0n) is 58.3. The van der Waals surface area contributed by atoms with Gasteiger partial charge in [-0.3, -0.25) is 48.9 Å². The van der Waals surface area contributed by atoms with Gasteiger partial charge in [0.1, 0.15) is 23.3 Å². The molecule has 5 atom stereocenters. The van der Waals surface area contributed by atoms with Crippen LogP contribution in [0.5, 0.6) is 0 Å². The second kappa shape index (κ2) is 35.5. The molecule has 15 nitrogen and oxygen atoms in total. The molecule has 0 bridgehead atoms. The molecule has 0 radical (unpaired) electrons. The predicted octanol–water partition coefficient (Wildman–Crippen LogP) is 15.0. The number of amides is 5. The summed E-state index contributed by atoms with van der Waals surface area (Å²) < 4.78 is 132. The van der Waals surface area contributed by atoms with Crippen molar-refractivity contribution in [2.24, 2.45) is 0 Å². The number of pyridine rings is 5. The number of carbonyl (C=O) groups is 5. The number of nitrogens with zero attached hydrogens (tertiary/aromatic N) is 10. The summed E-state index contributed by atoms with van der Waals surface area (Å²) in [6.07, 6.45) is 18.1. The summed E-state index contributed by atoms with van der Waals surface area (Å²) in [7, 11) is 0. The highest BCUT2D eigenvalue weighted by atomic mass is 19.2. The summed E-state index contributed by atoms with van der Waals surface area (Å²) in [5.41, 5.74) is 9.90. The van der Waals surface area contributed by atoms with Crippen molar-refractivity contribution in [1.29, 1.82) is 0 Å². The van der Waals surface area contributed by atoms with Crippen LogP contribution in [0.4, 0.5) is 43.9 Å². The van der Waals surface area contributed by atoms with Crippen LogP contribution in [0, 0.1) is 72.0 Å². The average Bonchev–Trinajstić information content (AvgIpc) is 1.81. The van der Waals surface area contributed by atoms with Crippen molar-refractivity contribution in [3.63, 3.8) is 0 Å². The van der Waals surface area contributed by atoms with Crippen LogP contribution in [0.2, 0.25) is 0 Å². The summed E-state index contributed by atoms with van der Waals surface area (Å²) in [5.74, 6) is -9.76. The summed E-state index contributed by atoms with van der Waals surface area (Å²) in [6, 6.07) is 35.7. The molecule has 5 aliphatic rings. The lowest BCUT2D eigenvalue weighted by atomic mass is 9.98. The summed E-state index contributed by atoms with van der Waals surface area (Å²) in [4.78, 5) is 89.1. The Labute approximate surface area is 611 Å². The lowest BCUT2D eigenvalue weighted by Gasteiger charge is -2.18. The Hall–Kier alpha value is -11.5. The summed E-state index contributed by atoms with van der Waals surface area (Å²) in [6.45, 7) is 8.68. The molecule has 5 amide bonds. The quantitative estimate of drug-likeness (QED) is 0.0712. The van der Waals surface area contributed by atoms with Gasteiger partial charge in [0.25, 0.3) is 0 Å². The van der Waals surface area contributed by atoms with E-state index in [4.69, 9.17) is 0 Å². The van der Waals surface area contributed by atoms with Gasteiger partial charge in [0.15, 0.2) is 34.9 Å². The number of likely N-dealkylation sites (tertiary alicyclic amines) is 5. The Bertz CT molecular complexity index is 4750. The summed E-state index contributed by atoms with van der Waals surface area (Å²) >= 11 is 0. The van der Waals surface area contributed by atoms with Crippen LogP contribution in [0.1, 0.15) is 128 Å². The maximum atomic E-state index is 13.6. The van der Waals surface area contributed by atoms with Gasteiger partial charge in [-0.25, -0.2) is 43.9 Å². The third-order valence-electron chi connectivity index (χ3n) is 19.4. The number of aromatic nitrogens is 5. The number of halogens is 10. The van der Waals surface area contributed by atoms with Gasteiger partial charge in [-0.1, -0.05) is 48.5 Å². The molecule has 552 valence electrons. The van der Waals surface area contributed by atoms with Gasteiger partial charge in [0.2, 0.25) is 29.5 Å². The minimum absolute atomic E-state index is 0.0289. The molecular formula is C82H74F10N10O5. The molecule has 15 rings (SSSR count). The minimum atomic E-state index is -1.53. The highest BCUT2D eigenvalue weighted by Gasteiger charge is 2.36. The molecule has 0 N–H and O–H groups in total. The van der Waals surface area contributed by atoms with E-state index in [2.05, 4.69) is 24.9 Å². The Morgan fingerprint density at radius 3 is 0.972 bits per heavy atom. The molecular weight excluding hydrogens is 1390 g/mol. The average molecular weight is 1470 g/mol. The summed E-state index contributed by atoms with van der Waals surface area (Å²) in [5, 5.41) is 0. The number of rotatable bonds is 15. The van der Waals surface area contributed by atoms with Crippen molar-refractivity contribution in [3.8, 4) is 0 Å². The molecule has 5 unspecified atom stereocenters. The van der Waals surface area contributed by atoms with E-state index in [1.54, 1.807) is 78.6 Å². The first-order valence-corrected chi connectivity index (χ1v) is 34.6. The fourth-order valence-corrected chi connectivity index (χ4v) is 13.5. The highest BCUT2D eigenvalue weighted by Crippen LogP contribution is 2.36. The predicted molar refractivity (Wildman–Crippen MR) is 376 cm³/mol. The smallest absolute Gasteiger partial charge is 0.223 e. The second-order valence-electron chi connectivity index (χ2n) is 26.9. The van der Waals surface area contributed by atoms with Crippen LogP contribution < -0.4 is 0 Å². The zero-order valence-corrected chi connectivity index (χ0v) is 58.3. The molecule has 0 aliphatic carbocycles. The third-order valence-corrected chi connectivity index (χ3v) is 19.4. The van der Waals surface area contributed by atoms with E-state index in [0.29, 0.717) is 77.2 Å². The van der Waals surface area contributed by atoms with E-state index in [-0.39, 0.29) is 108 Å². The first kappa shape index (κ1) is 76.6. The molecule has 10 aromatic rings. The number of hydrogen-bond donors (Lipinski definition) is 0. The zero-order chi connectivity index (χ0) is 75.8. The molecule has 25 heteroatoms. The third kappa shape index (κ3) is 20.3. The Morgan fingerprint density at radius 1 is 0.299 bits per heavy atom. The van der Waals surface area contributed by atoms with Crippen LogP contribution in [0.15, 0.2) is 201 Å². The molecule has 10 heterocycles. The van der Waals surface area contributed by atoms with Crippen LogP contribution in [0.25, 0.3) is 0 Å². The van der Waals surface area contributed by atoms with Gasteiger partial charge in [-0.15, -0.1) is 0 Å². The number of carbonyl (C=O) groups excluding carboxylic acids is 5. The topological polar surface area (TPSA) is 166 Å². The van der Waals surface area contributed by atoms with Crippen molar-refractivity contribution in [2.45, 2.75) is 108 Å². The van der Waals surface area contributed by atoms with E-state index >= 15 is 0 Å². The molecule has 5 aromatic carbocycles. The van der Waals surface area contributed by atoms with Crippen molar-refractivity contribution in [2.75, 3.05) is 32.7 Å². The van der Waals surface area contributed by atoms with Crippen molar-refractivity contribution in [1.82, 2.24) is 49.4 Å². The molecule has 0 saturated carbocycles. The molecule has 107 heavy (non-hydrogen) atoms. The van der Waals surface area contributed by atoms with Crippen LogP contribution in [-0.4, -0.2) is 112 Å². The second-order valence-corrected chi connectivity index (χ2v) is 26.9. The van der Waals surface area contributed by atoms with E-state index in [9.17, 15) is 67.9 Å². The maximum Gasteiger partial charge on any atom is 0.223 e. The van der Waals surface area contributed by atoms with Gasteiger partial charge in [0, 0.05) is 188 Å². The van der Waals surface area contributed by atoms with Gasteiger partial charge in [0.05, 0.1) is 6.54 Å². The SMILES string of the molecule is Cc1ccncc1CN1CC(c2ccc(F)cc2)CC1=O.Cc1ccncc1CN1CC(c2cccc(F)c2)CC1=O.O=C1CC(c2cc(F)c(F)c(F)c2)CN1Cc1cccnc1.O=C1CC(c2cc(F)c(F)c(F)c2)CN1Cc1cnccc1F.O=C1CC(c2cccc(F)c2)CN1Cc1cccnc1. The first-order chi connectivity index (χ1) is 51.5. The highest BCUT2D eigenvalue weighted by molar-refractivity contribution is 5.82. The van der Waals surface area contributed by atoms with Crippen LogP contribution >= 0.6 is 0 Å². The van der Waals surface area contributed by atoms with Crippen molar-refractivity contribution >= 4 is 29.5 Å². The Kier molecular flexibility index (Phi) is 25.4. The fourth-order valence-electron chi connectivity index (χ4n) is 13.5. The molecule has 5 saturated heterocycles. The fraction of sp³-hybridized carbons (Fsp3) is 0.268. The number of aryl methyl sites for hydroxylation is 2. The van der Waals surface area contributed by atoms with Gasteiger partial charge in [-0.05, 0) is 166 Å². The minimum Gasteiger partial charge on any atom is -0.338 e. The monoisotopic (exact) mass is 1470 g/mol. The molecule has 5 fully saturated rings. The Morgan fingerprint density at radius 2 is 0.626 bits per heavy atom. The van der Waals surface area contributed by atoms with Gasteiger partial charge in [-0.2, -0.15) is 0 Å². The van der Waals surface area contributed by atoms with E-state index < -0.39 is 46.6 Å². The first-order valence-electron chi connectivity index (χ1n) is 34.6. The van der Waals surface area contributed by atoms with Gasteiger partial charge >= 0.3 is 0 Å².